The van der Waals surface area contributed by atoms with E-state index < -0.39 is 0 Å². The average molecular weight is 289 g/mol. The van der Waals surface area contributed by atoms with Crippen molar-refractivity contribution in [2.75, 3.05) is 12.4 Å². The molecule has 1 aromatic rings. The van der Waals surface area contributed by atoms with E-state index in [1.165, 1.54) is 5.57 Å². The monoisotopic (exact) mass is 289 g/mol. The van der Waals surface area contributed by atoms with Gasteiger partial charge in [0.1, 0.15) is 5.75 Å². The van der Waals surface area contributed by atoms with Crippen LogP contribution in [0.4, 0.5) is 5.69 Å². The van der Waals surface area contributed by atoms with E-state index in [1.807, 2.05) is 70.2 Å². The van der Waals surface area contributed by atoms with E-state index in [2.05, 4.69) is 5.32 Å². The zero-order chi connectivity index (χ0) is 16.1. The Morgan fingerprint density at radius 1 is 1.14 bits per heavy atom. The number of rotatable bonds is 6. The van der Waals surface area contributed by atoms with Crippen molar-refractivity contribution in [1.82, 2.24) is 0 Å². The fraction of sp³-hybridized carbons (Fsp3) is 0.389. The Hall–Kier alpha value is -2.03. The van der Waals surface area contributed by atoms with Crippen molar-refractivity contribution in [2.45, 2.75) is 40.5 Å². The number of amides is 1. The number of carbonyl (C=O) groups excluding carboxylic acids is 1. The molecule has 0 unspecified atom stereocenters. The molecule has 0 aromatic heterocycles. The van der Waals surface area contributed by atoms with Crippen molar-refractivity contribution in [1.29, 1.82) is 0 Å². The molecule has 0 saturated heterocycles. The zero-order valence-corrected chi connectivity index (χ0v) is 13.8. The highest BCUT2D eigenvalue weighted by molar-refractivity contribution is 5.90. The lowest BCUT2D eigenvalue weighted by Crippen LogP contribution is -2.11. The topological polar surface area (TPSA) is 38.3 Å². The summed E-state index contributed by atoms with van der Waals surface area (Å²) >= 11 is 0. The van der Waals surface area contributed by atoms with Crippen molar-refractivity contribution in [3.63, 3.8) is 0 Å². The summed E-state index contributed by atoms with van der Waals surface area (Å²) in [4.78, 5) is 11.8. The van der Waals surface area contributed by atoms with Crippen molar-refractivity contribution in [2.24, 2.45) is 0 Å². The SMILES string of the molecule is C/C=C\C(=C/C)CCC(=O)Nc1ccc(OC)cc1.CC. The predicted molar refractivity (Wildman–Crippen MR) is 90.8 cm³/mol. The number of carbonyl (C=O) groups is 1. The average Bonchev–Trinajstić information content (AvgIpc) is 2.54. The Labute approximate surface area is 128 Å². The van der Waals surface area contributed by atoms with Gasteiger partial charge in [0.2, 0.25) is 5.91 Å². The van der Waals surface area contributed by atoms with Gasteiger partial charge in [-0.15, -0.1) is 0 Å². The molecule has 1 N–H and O–H groups in total. The van der Waals surface area contributed by atoms with Crippen molar-refractivity contribution in [3.05, 3.63) is 48.1 Å². The van der Waals surface area contributed by atoms with Gasteiger partial charge >= 0.3 is 0 Å². The van der Waals surface area contributed by atoms with E-state index in [-0.39, 0.29) is 5.91 Å². The highest BCUT2D eigenvalue weighted by atomic mass is 16.5. The Bertz CT molecular complexity index is 459. The van der Waals surface area contributed by atoms with E-state index in [1.54, 1.807) is 7.11 Å². The summed E-state index contributed by atoms with van der Waals surface area (Å²) in [6, 6.07) is 7.32. The first-order valence-electron chi connectivity index (χ1n) is 7.41. The summed E-state index contributed by atoms with van der Waals surface area (Å²) in [6.45, 7) is 7.96. The van der Waals surface area contributed by atoms with Crippen LogP contribution in [0.1, 0.15) is 40.5 Å². The van der Waals surface area contributed by atoms with Crippen LogP contribution in [0.5, 0.6) is 5.75 Å². The first kappa shape index (κ1) is 19.0. The number of hydrogen-bond acceptors (Lipinski definition) is 2. The number of allylic oxidation sites excluding steroid dienone is 4. The second-order valence-corrected chi connectivity index (χ2v) is 4.14. The minimum absolute atomic E-state index is 0.0222. The maximum Gasteiger partial charge on any atom is 0.224 e. The highest BCUT2D eigenvalue weighted by Crippen LogP contribution is 2.16. The standard InChI is InChI=1S/C16H21NO2.C2H6/c1-4-6-13(5-2)7-12-16(18)17-14-8-10-15(19-3)11-9-14;1-2/h4-6,8-11H,7,12H2,1-3H3,(H,17,18);1-2H3/b6-4-,13-5+;. The first-order valence-corrected chi connectivity index (χ1v) is 7.41. The Morgan fingerprint density at radius 2 is 1.76 bits per heavy atom. The summed E-state index contributed by atoms with van der Waals surface area (Å²) in [5.41, 5.74) is 1.96. The van der Waals surface area contributed by atoms with Gasteiger partial charge in [-0.1, -0.05) is 37.6 Å². The number of nitrogens with one attached hydrogen (secondary N) is 1. The summed E-state index contributed by atoms with van der Waals surface area (Å²) < 4.78 is 5.07. The van der Waals surface area contributed by atoms with Crippen LogP contribution >= 0.6 is 0 Å². The van der Waals surface area contributed by atoms with E-state index in [9.17, 15) is 4.79 Å². The molecule has 0 radical (unpaired) electrons. The molecule has 0 aliphatic heterocycles. The van der Waals surface area contributed by atoms with Gasteiger partial charge in [-0.3, -0.25) is 4.79 Å². The second-order valence-electron chi connectivity index (χ2n) is 4.14. The fourth-order valence-corrected chi connectivity index (χ4v) is 1.69. The molecular formula is C18H27NO2. The molecule has 0 heterocycles. The lowest BCUT2D eigenvalue weighted by molar-refractivity contribution is -0.116. The van der Waals surface area contributed by atoms with E-state index in [4.69, 9.17) is 4.74 Å². The number of anilines is 1. The maximum absolute atomic E-state index is 11.8. The minimum Gasteiger partial charge on any atom is -0.497 e. The molecule has 3 heteroatoms. The molecular weight excluding hydrogens is 262 g/mol. The Morgan fingerprint density at radius 3 is 2.24 bits per heavy atom. The molecule has 116 valence electrons. The summed E-state index contributed by atoms with van der Waals surface area (Å²) in [5, 5.41) is 2.87. The molecule has 1 aromatic carbocycles. The van der Waals surface area contributed by atoms with E-state index >= 15 is 0 Å². The number of methoxy groups -OCH3 is 1. The molecule has 1 rings (SSSR count). The van der Waals surface area contributed by atoms with Crippen LogP contribution in [0.25, 0.3) is 0 Å². The van der Waals surface area contributed by atoms with Gasteiger partial charge in [0.05, 0.1) is 7.11 Å². The Balaban J connectivity index is 0.00000191. The third kappa shape index (κ3) is 7.98. The van der Waals surface area contributed by atoms with Gasteiger partial charge in [0.25, 0.3) is 0 Å². The molecule has 21 heavy (non-hydrogen) atoms. The Kier molecular flexibility index (Phi) is 10.6. The largest absolute Gasteiger partial charge is 0.497 e. The minimum atomic E-state index is 0.0222. The molecule has 0 fully saturated rings. The smallest absolute Gasteiger partial charge is 0.224 e. The lowest BCUT2D eigenvalue weighted by Gasteiger charge is -2.06. The van der Waals surface area contributed by atoms with Gasteiger partial charge < -0.3 is 10.1 Å². The van der Waals surface area contributed by atoms with Crippen LogP contribution in [-0.4, -0.2) is 13.0 Å². The number of benzene rings is 1. The van der Waals surface area contributed by atoms with Crippen LogP contribution in [0.15, 0.2) is 48.1 Å². The van der Waals surface area contributed by atoms with Gasteiger partial charge in [-0.25, -0.2) is 0 Å². The molecule has 3 nitrogen and oxygen atoms in total. The first-order chi connectivity index (χ1) is 10.2. The zero-order valence-electron chi connectivity index (χ0n) is 13.8. The number of hydrogen-bond donors (Lipinski definition) is 1. The molecule has 0 saturated carbocycles. The van der Waals surface area contributed by atoms with E-state index in [0.717, 1.165) is 17.9 Å². The molecule has 1 amide bonds. The molecule has 0 bridgehead atoms. The summed E-state index contributed by atoms with van der Waals surface area (Å²) in [5.74, 6) is 0.802. The van der Waals surface area contributed by atoms with Gasteiger partial charge in [-0.2, -0.15) is 0 Å². The fourth-order valence-electron chi connectivity index (χ4n) is 1.69. The highest BCUT2D eigenvalue weighted by Gasteiger charge is 2.03. The third-order valence-corrected chi connectivity index (χ3v) is 2.77. The molecule has 0 spiro atoms. The summed E-state index contributed by atoms with van der Waals surface area (Å²) in [6.07, 6.45) is 7.27. The van der Waals surface area contributed by atoms with Crippen LogP contribution in [0, 0.1) is 0 Å². The molecule has 0 atom stereocenters. The van der Waals surface area contributed by atoms with Crippen LogP contribution in [0.2, 0.25) is 0 Å². The van der Waals surface area contributed by atoms with Gasteiger partial charge in [0.15, 0.2) is 0 Å². The molecule has 0 aliphatic rings. The van der Waals surface area contributed by atoms with Crippen LogP contribution in [0.3, 0.4) is 0 Å². The number of ether oxygens (including phenoxy) is 1. The van der Waals surface area contributed by atoms with E-state index in [0.29, 0.717) is 6.42 Å². The molecule has 0 aliphatic carbocycles. The lowest BCUT2D eigenvalue weighted by atomic mass is 10.1. The van der Waals surface area contributed by atoms with Gasteiger partial charge in [0, 0.05) is 12.1 Å². The normalized spacial score (nSPS) is 10.8. The summed E-state index contributed by atoms with van der Waals surface area (Å²) in [7, 11) is 1.62. The van der Waals surface area contributed by atoms with Crippen molar-refractivity contribution >= 4 is 11.6 Å². The maximum atomic E-state index is 11.8. The quantitative estimate of drug-likeness (QED) is 0.751. The second kappa shape index (κ2) is 11.8. The van der Waals surface area contributed by atoms with Crippen molar-refractivity contribution in [3.8, 4) is 5.75 Å². The van der Waals surface area contributed by atoms with Crippen LogP contribution < -0.4 is 10.1 Å². The van der Waals surface area contributed by atoms with Crippen LogP contribution in [-0.2, 0) is 4.79 Å². The third-order valence-electron chi connectivity index (χ3n) is 2.77. The van der Waals surface area contributed by atoms with Gasteiger partial charge in [-0.05, 0) is 44.5 Å². The van der Waals surface area contributed by atoms with Crippen molar-refractivity contribution < 1.29 is 9.53 Å². The predicted octanol–water partition coefficient (Wildman–Crippen LogP) is 4.96.